The quantitative estimate of drug-likeness (QED) is 0.485. The smallest absolute Gasteiger partial charge is 0.374 e. The first-order valence-corrected chi connectivity index (χ1v) is 7.99. The van der Waals surface area contributed by atoms with E-state index in [0.29, 0.717) is 19.8 Å². The Morgan fingerprint density at radius 1 is 0.812 bits per heavy atom. The van der Waals surface area contributed by atoms with Gasteiger partial charge in [-0.3, -0.25) is 0 Å². The second-order valence-corrected chi connectivity index (χ2v) is 6.52. The minimum atomic E-state index is -2.48. The van der Waals surface area contributed by atoms with Gasteiger partial charge in [-0.05, 0) is 41.5 Å². The van der Waals surface area contributed by atoms with Crippen LogP contribution < -0.4 is 0 Å². The first-order chi connectivity index (χ1) is 7.51. The van der Waals surface area contributed by atoms with E-state index in [-0.39, 0.29) is 0 Å². The minimum absolute atomic E-state index is 0.641. The fraction of sp³-hybridized carbons (Fsp3) is 0.833. The zero-order valence-corrected chi connectivity index (χ0v) is 12.6. The first kappa shape index (κ1) is 15.8. The summed E-state index contributed by atoms with van der Waals surface area (Å²) in [5.41, 5.74) is 2.62. The van der Waals surface area contributed by atoms with E-state index in [1.165, 1.54) is 11.1 Å². The van der Waals surface area contributed by atoms with E-state index >= 15 is 0 Å². The Labute approximate surface area is 101 Å². The summed E-state index contributed by atoms with van der Waals surface area (Å²) in [5, 5.41) is 0. The number of hydrogen-bond acceptors (Lipinski definition) is 3. The van der Waals surface area contributed by atoms with Crippen LogP contribution in [0.15, 0.2) is 11.1 Å². The maximum Gasteiger partial charge on any atom is 0.505 e. The molecule has 3 nitrogen and oxygen atoms in total. The van der Waals surface area contributed by atoms with Gasteiger partial charge in [0.1, 0.15) is 0 Å². The van der Waals surface area contributed by atoms with Crippen molar-refractivity contribution in [1.82, 2.24) is 0 Å². The van der Waals surface area contributed by atoms with Crippen molar-refractivity contribution in [2.24, 2.45) is 0 Å². The van der Waals surface area contributed by atoms with Crippen molar-refractivity contribution in [3.05, 3.63) is 11.1 Å². The Balaban J connectivity index is 4.79. The summed E-state index contributed by atoms with van der Waals surface area (Å²) >= 11 is 0. The summed E-state index contributed by atoms with van der Waals surface area (Å²) in [4.78, 5) is 0. The molecule has 0 fully saturated rings. The Hall–Kier alpha value is -0.163. The van der Waals surface area contributed by atoms with E-state index in [0.717, 1.165) is 6.04 Å². The zero-order valence-electron chi connectivity index (χ0n) is 11.6. The molecule has 16 heavy (non-hydrogen) atoms. The molecule has 0 radical (unpaired) electrons. The second kappa shape index (κ2) is 8.01. The summed E-state index contributed by atoms with van der Waals surface area (Å²) in [7, 11) is -2.48. The van der Waals surface area contributed by atoms with Gasteiger partial charge in [0.25, 0.3) is 0 Å². The Kier molecular flexibility index (Phi) is 7.92. The topological polar surface area (TPSA) is 27.7 Å². The molecular weight excluding hydrogens is 220 g/mol. The highest BCUT2D eigenvalue weighted by atomic mass is 28.4. The van der Waals surface area contributed by atoms with Crippen molar-refractivity contribution in [2.45, 2.75) is 47.6 Å². The molecule has 0 heterocycles. The van der Waals surface area contributed by atoms with Crippen molar-refractivity contribution >= 4 is 8.80 Å². The molecule has 0 aliphatic rings. The Bertz CT molecular complexity index is 205. The lowest BCUT2D eigenvalue weighted by Crippen LogP contribution is -2.46. The highest BCUT2D eigenvalue weighted by molar-refractivity contribution is 6.61. The molecule has 0 aromatic carbocycles. The maximum absolute atomic E-state index is 5.79. The van der Waals surface area contributed by atoms with Crippen molar-refractivity contribution in [3.8, 4) is 0 Å². The largest absolute Gasteiger partial charge is 0.505 e. The highest BCUT2D eigenvalue weighted by Gasteiger charge is 2.40. The molecule has 0 unspecified atom stereocenters. The number of rotatable bonds is 8. The molecule has 0 atom stereocenters. The molecule has 0 saturated carbocycles. The molecular formula is C12H26O3Si. The predicted molar refractivity (Wildman–Crippen MR) is 69.5 cm³/mol. The van der Waals surface area contributed by atoms with Gasteiger partial charge in [-0.2, -0.15) is 0 Å². The van der Waals surface area contributed by atoms with Crippen LogP contribution in [0.2, 0.25) is 6.04 Å². The van der Waals surface area contributed by atoms with Crippen LogP contribution in [0.1, 0.15) is 41.5 Å². The third kappa shape index (κ3) is 5.25. The van der Waals surface area contributed by atoms with E-state index in [1.54, 1.807) is 0 Å². The lowest BCUT2D eigenvalue weighted by Gasteiger charge is -2.29. The fourth-order valence-electron chi connectivity index (χ4n) is 1.44. The van der Waals surface area contributed by atoms with Crippen molar-refractivity contribution < 1.29 is 13.3 Å². The molecule has 0 aliphatic carbocycles. The van der Waals surface area contributed by atoms with Crippen molar-refractivity contribution in [2.75, 3.05) is 19.8 Å². The van der Waals surface area contributed by atoms with E-state index in [1.807, 2.05) is 20.8 Å². The molecule has 0 bridgehead atoms. The molecule has 0 aromatic rings. The highest BCUT2D eigenvalue weighted by Crippen LogP contribution is 2.22. The third-order valence-corrected chi connectivity index (χ3v) is 5.58. The van der Waals surface area contributed by atoms with Crippen molar-refractivity contribution in [1.29, 1.82) is 0 Å². The molecule has 0 spiro atoms. The fourth-order valence-corrected chi connectivity index (χ4v) is 4.32. The molecule has 0 rings (SSSR count). The number of hydrogen-bond donors (Lipinski definition) is 0. The van der Waals surface area contributed by atoms with Crippen LogP contribution in [-0.2, 0) is 13.3 Å². The van der Waals surface area contributed by atoms with E-state index < -0.39 is 8.80 Å². The first-order valence-electron chi connectivity index (χ1n) is 6.06. The monoisotopic (exact) mass is 246 g/mol. The molecule has 0 aliphatic heterocycles. The third-order valence-electron chi connectivity index (χ3n) is 2.43. The molecule has 0 N–H and O–H groups in total. The molecule has 0 saturated heterocycles. The van der Waals surface area contributed by atoms with Crippen LogP contribution in [0.3, 0.4) is 0 Å². The van der Waals surface area contributed by atoms with Crippen LogP contribution in [0.4, 0.5) is 0 Å². The predicted octanol–water partition coefficient (Wildman–Crippen LogP) is 3.39. The van der Waals surface area contributed by atoms with Gasteiger partial charge in [-0.25, -0.2) is 0 Å². The van der Waals surface area contributed by atoms with Gasteiger partial charge in [0.15, 0.2) is 0 Å². The van der Waals surface area contributed by atoms with Gasteiger partial charge in [0.2, 0.25) is 0 Å². The molecule has 4 heteroatoms. The minimum Gasteiger partial charge on any atom is -0.374 e. The molecule has 0 amide bonds. The van der Waals surface area contributed by atoms with Crippen molar-refractivity contribution in [3.63, 3.8) is 0 Å². The molecule has 0 aromatic heterocycles. The van der Waals surface area contributed by atoms with Gasteiger partial charge in [0, 0.05) is 25.9 Å². The molecule has 96 valence electrons. The van der Waals surface area contributed by atoms with Crippen LogP contribution >= 0.6 is 0 Å². The van der Waals surface area contributed by atoms with Gasteiger partial charge in [-0.1, -0.05) is 11.1 Å². The zero-order chi connectivity index (χ0) is 12.6. The summed E-state index contributed by atoms with van der Waals surface area (Å²) in [6, 6.07) is 0.796. The summed E-state index contributed by atoms with van der Waals surface area (Å²) < 4.78 is 17.4. The SMILES string of the molecule is CCO[Si](CC(C)=C(C)C)(OCC)OCC. The van der Waals surface area contributed by atoms with Gasteiger partial charge >= 0.3 is 8.80 Å². The van der Waals surface area contributed by atoms with Crippen LogP contribution in [0, 0.1) is 0 Å². The normalized spacial score (nSPS) is 11.6. The summed E-state index contributed by atoms with van der Waals surface area (Å²) in [5.74, 6) is 0. The second-order valence-electron chi connectivity index (χ2n) is 3.94. The summed E-state index contributed by atoms with van der Waals surface area (Å²) in [6.07, 6.45) is 0. The Morgan fingerprint density at radius 3 is 1.44 bits per heavy atom. The summed E-state index contributed by atoms with van der Waals surface area (Å²) in [6.45, 7) is 14.2. The van der Waals surface area contributed by atoms with Gasteiger partial charge in [0.05, 0.1) is 0 Å². The van der Waals surface area contributed by atoms with Gasteiger partial charge < -0.3 is 13.3 Å². The number of allylic oxidation sites excluding steroid dienone is 2. The van der Waals surface area contributed by atoms with Crippen LogP contribution in [0.25, 0.3) is 0 Å². The maximum atomic E-state index is 5.79. The van der Waals surface area contributed by atoms with Crippen LogP contribution in [0.5, 0.6) is 0 Å². The average molecular weight is 246 g/mol. The Morgan fingerprint density at radius 2 is 1.19 bits per heavy atom. The van der Waals surface area contributed by atoms with Gasteiger partial charge in [-0.15, -0.1) is 0 Å². The van der Waals surface area contributed by atoms with Crippen LogP contribution in [-0.4, -0.2) is 28.6 Å². The average Bonchev–Trinajstić information content (AvgIpc) is 2.18. The lowest BCUT2D eigenvalue weighted by atomic mass is 10.2. The van der Waals surface area contributed by atoms with E-state index in [9.17, 15) is 0 Å². The van der Waals surface area contributed by atoms with E-state index in [2.05, 4.69) is 20.8 Å². The standard InChI is InChI=1S/C12H26O3Si/c1-7-13-16(14-8-2,15-9-3)10-12(6)11(4)5/h7-10H2,1-6H3. The van der Waals surface area contributed by atoms with E-state index in [4.69, 9.17) is 13.3 Å². The lowest BCUT2D eigenvalue weighted by molar-refractivity contribution is 0.0735.